The van der Waals surface area contributed by atoms with Gasteiger partial charge in [-0.15, -0.1) is 0 Å². The highest BCUT2D eigenvalue weighted by Gasteiger charge is 2.23. The first-order valence-corrected chi connectivity index (χ1v) is 5.98. The van der Waals surface area contributed by atoms with Crippen LogP contribution in [-0.4, -0.2) is 41.2 Å². The monoisotopic (exact) mass is 251 g/mol. The minimum atomic E-state index is -0.138. The molecule has 100 valence electrons. The Morgan fingerprint density at radius 2 is 1.94 bits per heavy atom. The second kappa shape index (κ2) is 5.35. The van der Waals surface area contributed by atoms with E-state index in [0.29, 0.717) is 23.4 Å². The summed E-state index contributed by atoms with van der Waals surface area (Å²) in [4.78, 5) is 28.4. The molecule has 18 heavy (non-hydrogen) atoms. The van der Waals surface area contributed by atoms with Crippen molar-refractivity contribution in [3.05, 3.63) is 22.5 Å². The number of ketones is 1. The number of hydrogen-bond acceptors (Lipinski definition) is 3. The first-order valence-electron chi connectivity index (χ1n) is 5.98. The Balaban J connectivity index is 3.16. The molecule has 1 aromatic rings. The van der Waals surface area contributed by atoms with E-state index in [1.165, 1.54) is 6.92 Å². The molecule has 0 bridgehead atoms. The summed E-state index contributed by atoms with van der Waals surface area (Å²) in [6.45, 7) is 7.38. The van der Waals surface area contributed by atoms with Crippen molar-refractivity contribution in [3.8, 4) is 0 Å². The standard InChI is InChI=1S/C13H21N3O2/c1-7(6-14)16(5)13(18)12-8(2)11(10(4)17)9(3)15-12/h7,15H,6,14H2,1-5H3. The molecular weight excluding hydrogens is 230 g/mol. The van der Waals surface area contributed by atoms with Crippen molar-refractivity contribution in [1.29, 1.82) is 0 Å². The van der Waals surface area contributed by atoms with Crippen LogP contribution in [0, 0.1) is 13.8 Å². The maximum Gasteiger partial charge on any atom is 0.270 e. The summed E-state index contributed by atoms with van der Waals surface area (Å²) in [5, 5.41) is 0. The first-order chi connectivity index (χ1) is 8.31. The van der Waals surface area contributed by atoms with Gasteiger partial charge in [0.25, 0.3) is 5.91 Å². The van der Waals surface area contributed by atoms with Crippen LogP contribution in [-0.2, 0) is 0 Å². The Morgan fingerprint density at radius 1 is 1.39 bits per heavy atom. The molecule has 3 N–H and O–H groups in total. The fourth-order valence-corrected chi connectivity index (χ4v) is 2.03. The molecule has 0 saturated carbocycles. The Kier molecular flexibility index (Phi) is 4.29. The van der Waals surface area contributed by atoms with Gasteiger partial charge in [0.1, 0.15) is 5.69 Å². The predicted octanol–water partition coefficient (Wildman–Crippen LogP) is 1.25. The van der Waals surface area contributed by atoms with Crippen molar-refractivity contribution in [3.63, 3.8) is 0 Å². The third kappa shape index (κ3) is 2.46. The van der Waals surface area contributed by atoms with Crippen LogP contribution in [0.5, 0.6) is 0 Å². The predicted molar refractivity (Wildman–Crippen MR) is 70.9 cm³/mol. The fourth-order valence-electron chi connectivity index (χ4n) is 2.03. The van der Waals surface area contributed by atoms with E-state index in [0.717, 1.165) is 5.69 Å². The molecule has 0 radical (unpaired) electrons. The van der Waals surface area contributed by atoms with Crippen LogP contribution in [0.4, 0.5) is 0 Å². The van der Waals surface area contributed by atoms with E-state index in [1.807, 2.05) is 6.92 Å². The van der Waals surface area contributed by atoms with Crippen molar-refractivity contribution in [1.82, 2.24) is 9.88 Å². The third-order valence-electron chi connectivity index (χ3n) is 3.33. The third-order valence-corrected chi connectivity index (χ3v) is 3.33. The molecule has 0 fully saturated rings. The fraction of sp³-hybridized carbons (Fsp3) is 0.538. The lowest BCUT2D eigenvalue weighted by Crippen LogP contribution is -2.40. The van der Waals surface area contributed by atoms with Crippen molar-refractivity contribution >= 4 is 11.7 Å². The molecule has 5 nitrogen and oxygen atoms in total. The van der Waals surface area contributed by atoms with Crippen LogP contribution in [0.3, 0.4) is 0 Å². The van der Waals surface area contributed by atoms with E-state index in [4.69, 9.17) is 5.73 Å². The summed E-state index contributed by atoms with van der Waals surface area (Å²) in [6.07, 6.45) is 0. The largest absolute Gasteiger partial charge is 0.354 e. The Morgan fingerprint density at radius 3 is 2.33 bits per heavy atom. The molecule has 1 atom stereocenters. The van der Waals surface area contributed by atoms with Crippen LogP contribution in [0.1, 0.15) is 46.0 Å². The average molecular weight is 251 g/mol. The van der Waals surface area contributed by atoms with Crippen molar-refractivity contribution in [2.75, 3.05) is 13.6 Å². The molecule has 0 aliphatic rings. The van der Waals surface area contributed by atoms with Crippen molar-refractivity contribution < 1.29 is 9.59 Å². The molecule has 1 unspecified atom stereocenters. The van der Waals surface area contributed by atoms with Gasteiger partial charge >= 0.3 is 0 Å². The first kappa shape index (κ1) is 14.4. The molecule has 0 spiro atoms. The summed E-state index contributed by atoms with van der Waals surface area (Å²) in [5.41, 5.74) is 8.07. The number of carbonyl (C=O) groups excluding carboxylic acids is 2. The van der Waals surface area contributed by atoms with Crippen LogP contribution >= 0.6 is 0 Å². The molecule has 0 aromatic carbocycles. The zero-order chi connectivity index (χ0) is 14.0. The summed E-state index contributed by atoms with van der Waals surface area (Å²) in [6, 6.07) is -0.0405. The number of carbonyl (C=O) groups is 2. The second-order valence-corrected chi connectivity index (χ2v) is 4.68. The van der Waals surface area contributed by atoms with Gasteiger partial charge < -0.3 is 15.6 Å². The van der Waals surface area contributed by atoms with Gasteiger partial charge in [-0.1, -0.05) is 0 Å². The van der Waals surface area contributed by atoms with Gasteiger partial charge in [-0.2, -0.15) is 0 Å². The van der Waals surface area contributed by atoms with E-state index in [9.17, 15) is 9.59 Å². The van der Waals surface area contributed by atoms with E-state index in [2.05, 4.69) is 4.98 Å². The van der Waals surface area contributed by atoms with Crippen molar-refractivity contribution in [2.45, 2.75) is 33.7 Å². The number of hydrogen-bond donors (Lipinski definition) is 2. The summed E-state index contributed by atoms with van der Waals surface area (Å²) < 4.78 is 0. The molecule has 1 aromatic heterocycles. The van der Waals surface area contributed by atoms with Crippen LogP contribution in [0.25, 0.3) is 0 Å². The minimum absolute atomic E-state index is 0.0326. The highest BCUT2D eigenvalue weighted by Crippen LogP contribution is 2.20. The Bertz CT molecular complexity index is 477. The lowest BCUT2D eigenvalue weighted by Gasteiger charge is -2.23. The number of rotatable bonds is 4. The molecule has 0 aliphatic carbocycles. The topological polar surface area (TPSA) is 79.2 Å². The summed E-state index contributed by atoms with van der Waals surface area (Å²) in [5.74, 6) is -0.170. The lowest BCUT2D eigenvalue weighted by atomic mass is 10.1. The average Bonchev–Trinajstić information content (AvgIpc) is 2.61. The van der Waals surface area contributed by atoms with E-state index >= 15 is 0 Å². The second-order valence-electron chi connectivity index (χ2n) is 4.68. The van der Waals surface area contributed by atoms with Crippen LogP contribution < -0.4 is 5.73 Å². The van der Waals surface area contributed by atoms with E-state index in [1.54, 1.807) is 25.8 Å². The summed E-state index contributed by atoms with van der Waals surface area (Å²) >= 11 is 0. The van der Waals surface area contributed by atoms with Gasteiger partial charge in [0, 0.05) is 30.9 Å². The Labute approximate surface area is 107 Å². The van der Waals surface area contributed by atoms with Crippen LogP contribution in [0.2, 0.25) is 0 Å². The number of nitrogens with two attached hydrogens (primary N) is 1. The number of H-pyrrole nitrogens is 1. The van der Waals surface area contributed by atoms with E-state index < -0.39 is 0 Å². The SMILES string of the molecule is CC(=O)c1c(C)[nH]c(C(=O)N(C)C(C)CN)c1C. The normalized spacial score (nSPS) is 12.3. The minimum Gasteiger partial charge on any atom is -0.354 e. The number of amides is 1. The molecular formula is C13H21N3O2. The molecule has 1 rings (SSSR count). The maximum atomic E-state index is 12.3. The zero-order valence-electron chi connectivity index (χ0n) is 11.6. The van der Waals surface area contributed by atoms with Gasteiger partial charge in [-0.3, -0.25) is 9.59 Å². The van der Waals surface area contributed by atoms with Crippen molar-refractivity contribution in [2.24, 2.45) is 5.73 Å². The molecule has 5 heteroatoms. The van der Waals surface area contributed by atoms with Gasteiger partial charge in [0.05, 0.1) is 0 Å². The number of Topliss-reactive ketones (excluding diaryl/α,β-unsaturated/α-hetero) is 1. The van der Waals surface area contributed by atoms with Crippen LogP contribution in [0.15, 0.2) is 0 Å². The smallest absolute Gasteiger partial charge is 0.270 e. The Hall–Kier alpha value is -1.62. The highest BCUT2D eigenvalue weighted by atomic mass is 16.2. The molecule has 0 aliphatic heterocycles. The molecule has 1 heterocycles. The number of nitrogens with zero attached hydrogens (tertiary/aromatic N) is 1. The quantitative estimate of drug-likeness (QED) is 0.790. The summed E-state index contributed by atoms with van der Waals surface area (Å²) in [7, 11) is 1.71. The maximum absolute atomic E-state index is 12.3. The highest BCUT2D eigenvalue weighted by molar-refractivity contribution is 6.02. The number of nitrogens with one attached hydrogen (secondary N) is 1. The van der Waals surface area contributed by atoms with Gasteiger partial charge in [-0.25, -0.2) is 0 Å². The van der Waals surface area contributed by atoms with E-state index in [-0.39, 0.29) is 17.7 Å². The molecule has 0 saturated heterocycles. The number of aryl methyl sites for hydroxylation is 1. The lowest BCUT2D eigenvalue weighted by molar-refractivity contribution is 0.0742. The van der Waals surface area contributed by atoms with Gasteiger partial charge in [0.15, 0.2) is 5.78 Å². The molecule has 1 amide bonds. The zero-order valence-corrected chi connectivity index (χ0v) is 11.6. The number of likely N-dealkylation sites (N-methyl/N-ethyl adjacent to an activating group) is 1. The number of aromatic amines is 1. The number of aromatic nitrogens is 1. The van der Waals surface area contributed by atoms with Gasteiger partial charge in [0.2, 0.25) is 0 Å². The van der Waals surface area contributed by atoms with Gasteiger partial charge in [-0.05, 0) is 33.3 Å².